The molecule has 0 spiro atoms. The van der Waals surface area contributed by atoms with E-state index in [1.165, 1.54) is 5.56 Å². The molecule has 0 aliphatic rings. The van der Waals surface area contributed by atoms with Gasteiger partial charge in [0.1, 0.15) is 0 Å². The summed E-state index contributed by atoms with van der Waals surface area (Å²) >= 11 is 0. The average Bonchev–Trinajstić information content (AvgIpc) is 2.82. The van der Waals surface area contributed by atoms with Crippen LogP contribution in [0.15, 0.2) is 67.1 Å². The fraction of sp³-hybridized carbons (Fsp3) is 0.231. The summed E-state index contributed by atoms with van der Waals surface area (Å²) in [6.07, 6.45) is 6.41. The van der Waals surface area contributed by atoms with Crippen LogP contribution in [0.25, 0.3) is 22.0 Å². The second-order valence-corrected chi connectivity index (χ2v) is 8.27. The molecule has 33 heavy (non-hydrogen) atoms. The summed E-state index contributed by atoms with van der Waals surface area (Å²) in [4.78, 5) is 27.7. The Hall–Kier alpha value is -3.84. The molecule has 0 aliphatic carbocycles. The average molecular weight is 441 g/mol. The highest BCUT2D eigenvalue weighted by molar-refractivity contribution is 5.94. The summed E-state index contributed by atoms with van der Waals surface area (Å²) in [6, 6.07) is 15.4. The molecule has 2 heterocycles. The number of hydrogen-bond acceptors (Lipinski definition) is 6. The fourth-order valence-corrected chi connectivity index (χ4v) is 3.56. The van der Waals surface area contributed by atoms with Crippen LogP contribution in [0, 0.1) is 6.92 Å². The minimum atomic E-state index is -0.0677. The van der Waals surface area contributed by atoms with Crippen molar-refractivity contribution in [2.24, 2.45) is 0 Å². The van der Waals surface area contributed by atoms with Crippen LogP contribution in [0.2, 0.25) is 0 Å². The van der Waals surface area contributed by atoms with Crippen molar-refractivity contribution in [3.63, 3.8) is 0 Å². The smallest absolute Gasteiger partial charge is 0.251 e. The van der Waals surface area contributed by atoms with Crippen molar-refractivity contribution in [2.75, 3.05) is 32.5 Å². The van der Waals surface area contributed by atoms with Gasteiger partial charge in [-0.25, -0.2) is 9.97 Å². The van der Waals surface area contributed by atoms with Gasteiger partial charge in [-0.05, 0) is 87.6 Å². The molecule has 0 saturated heterocycles. The van der Waals surface area contributed by atoms with Gasteiger partial charge in [-0.1, -0.05) is 6.07 Å². The minimum Gasteiger partial charge on any atom is -0.352 e. The molecule has 7 heteroatoms. The van der Waals surface area contributed by atoms with Gasteiger partial charge < -0.3 is 15.5 Å². The van der Waals surface area contributed by atoms with Gasteiger partial charge in [-0.3, -0.25) is 9.78 Å². The zero-order valence-corrected chi connectivity index (χ0v) is 19.2. The fourth-order valence-electron chi connectivity index (χ4n) is 3.56. The first-order chi connectivity index (χ1) is 16.0. The zero-order valence-electron chi connectivity index (χ0n) is 19.2. The van der Waals surface area contributed by atoms with E-state index in [-0.39, 0.29) is 5.91 Å². The monoisotopic (exact) mass is 440 g/mol. The van der Waals surface area contributed by atoms with Crippen molar-refractivity contribution < 1.29 is 4.79 Å². The maximum atomic E-state index is 12.3. The molecule has 2 aromatic carbocycles. The molecule has 0 aliphatic heterocycles. The van der Waals surface area contributed by atoms with Crippen LogP contribution >= 0.6 is 0 Å². The first-order valence-corrected chi connectivity index (χ1v) is 11.0. The van der Waals surface area contributed by atoms with E-state index in [1.54, 1.807) is 18.3 Å². The maximum absolute atomic E-state index is 12.3. The maximum Gasteiger partial charge on any atom is 0.251 e. The van der Waals surface area contributed by atoms with Crippen LogP contribution in [0.5, 0.6) is 0 Å². The van der Waals surface area contributed by atoms with Gasteiger partial charge in [0.2, 0.25) is 5.95 Å². The van der Waals surface area contributed by atoms with Crippen LogP contribution in [0.3, 0.4) is 0 Å². The molecular weight excluding hydrogens is 412 g/mol. The Morgan fingerprint density at radius 3 is 2.61 bits per heavy atom. The Morgan fingerprint density at radius 2 is 1.85 bits per heavy atom. The number of carbonyl (C=O) groups is 1. The number of carbonyl (C=O) groups excluding carboxylic acids is 1. The van der Waals surface area contributed by atoms with E-state index in [2.05, 4.69) is 49.5 Å². The number of aryl methyl sites for hydroxylation is 1. The molecule has 0 radical (unpaired) electrons. The lowest BCUT2D eigenvalue weighted by molar-refractivity contribution is 0.0952. The van der Waals surface area contributed by atoms with Gasteiger partial charge >= 0.3 is 0 Å². The van der Waals surface area contributed by atoms with E-state index < -0.39 is 0 Å². The lowest BCUT2D eigenvalue weighted by Crippen LogP contribution is -2.27. The van der Waals surface area contributed by atoms with Crippen LogP contribution in [0.1, 0.15) is 22.3 Å². The van der Waals surface area contributed by atoms with E-state index in [4.69, 9.17) is 0 Å². The number of amides is 1. The Kier molecular flexibility index (Phi) is 6.90. The summed E-state index contributed by atoms with van der Waals surface area (Å²) in [7, 11) is 4.04. The lowest BCUT2D eigenvalue weighted by Gasteiger charge is -2.10. The molecule has 7 nitrogen and oxygen atoms in total. The van der Waals surface area contributed by atoms with Crippen LogP contribution in [-0.2, 0) is 0 Å². The summed E-state index contributed by atoms with van der Waals surface area (Å²) in [5.74, 6) is 0.440. The summed E-state index contributed by atoms with van der Waals surface area (Å²) in [6.45, 7) is 3.67. The van der Waals surface area contributed by atoms with Crippen LogP contribution in [0.4, 0.5) is 11.6 Å². The van der Waals surface area contributed by atoms with Crippen molar-refractivity contribution >= 4 is 28.4 Å². The molecule has 0 unspecified atom stereocenters. The normalized spacial score (nSPS) is 11.0. The standard InChI is InChI=1S/C26H28N6O/c1-18-11-13-27-17-23(18)20-7-10-24-21(15-20)16-29-26(31-24)30-22-8-5-19(6-9-22)25(33)28-12-4-14-32(2)3/h5-11,13,15-17H,4,12,14H2,1-3H3,(H,28,33)(H,29,30,31). The second-order valence-electron chi connectivity index (χ2n) is 8.27. The van der Waals surface area contributed by atoms with Gasteiger partial charge in [0.25, 0.3) is 5.91 Å². The summed E-state index contributed by atoms with van der Waals surface area (Å²) in [5, 5.41) is 7.12. The molecule has 0 bridgehead atoms. The Morgan fingerprint density at radius 1 is 1.03 bits per heavy atom. The SMILES string of the molecule is Cc1ccncc1-c1ccc2nc(Nc3ccc(C(=O)NCCCN(C)C)cc3)ncc2c1. The Balaban J connectivity index is 1.42. The molecule has 0 fully saturated rings. The molecule has 2 aromatic heterocycles. The van der Waals surface area contributed by atoms with E-state index >= 15 is 0 Å². The van der Waals surface area contributed by atoms with Crippen molar-refractivity contribution in [2.45, 2.75) is 13.3 Å². The summed E-state index contributed by atoms with van der Waals surface area (Å²) < 4.78 is 0. The van der Waals surface area contributed by atoms with E-state index in [9.17, 15) is 4.79 Å². The third-order valence-electron chi connectivity index (χ3n) is 5.40. The van der Waals surface area contributed by atoms with Crippen molar-refractivity contribution in [3.8, 4) is 11.1 Å². The predicted octanol–water partition coefficient (Wildman–Crippen LogP) is 4.43. The lowest BCUT2D eigenvalue weighted by atomic mass is 10.0. The molecule has 4 rings (SSSR count). The van der Waals surface area contributed by atoms with Crippen molar-refractivity contribution in [1.29, 1.82) is 0 Å². The van der Waals surface area contributed by atoms with E-state index in [0.717, 1.165) is 40.7 Å². The number of rotatable bonds is 8. The number of nitrogens with zero attached hydrogens (tertiary/aromatic N) is 4. The first kappa shape index (κ1) is 22.4. The molecule has 2 N–H and O–H groups in total. The predicted molar refractivity (Wildman–Crippen MR) is 133 cm³/mol. The number of anilines is 2. The molecule has 4 aromatic rings. The third-order valence-corrected chi connectivity index (χ3v) is 5.40. The second kappa shape index (κ2) is 10.2. The largest absolute Gasteiger partial charge is 0.352 e. The van der Waals surface area contributed by atoms with Crippen LogP contribution in [-0.4, -0.2) is 52.9 Å². The number of aromatic nitrogens is 3. The number of pyridine rings is 1. The molecule has 1 amide bonds. The van der Waals surface area contributed by atoms with E-state index in [1.807, 2.05) is 50.8 Å². The Bertz CT molecular complexity index is 1250. The van der Waals surface area contributed by atoms with Gasteiger partial charge in [-0.15, -0.1) is 0 Å². The van der Waals surface area contributed by atoms with Gasteiger partial charge in [0.15, 0.2) is 0 Å². The number of benzene rings is 2. The minimum absolute atomic E-state index is 0.0677. The van der Waals surface area contributed by atoms with Gasteiger partial charge in [-0.2, -0.15) is 0 Å². The van der Waals surface area contributed by atoms with E-state index in [0.29, 0.717) is 18.1 Å². The number of hydrogen-bond donors (Lipinski definition) is 2. The van der Waals surface area contributed by atoms with Crippen molar-refractivity contribution in [1.82, 2.24) is 25.2 Å². The molecule has 168 valence electrons. The topological polar surface area (TPSA) is 83.0 Å². The highest BCUT2D eigenvalue weighted by atomic mass is 16.1. The molecule has 0 atom stereocenters. The first-order valence-electron chi connectivity index (χ1n) is 11.0. The highest BCUT2D eigenvalue weighted by Gasteiger charge is 2.08. The highest BCUT2D eigenvalue weighted by Crippen LogP contribution is 2.26. The quantitative estimate of drug-likeness (QED) is 0.395. The molecular formula is C26H28N6O. The molecule has 0 saturated carbocycles. The summed E-state index contributed by atoms with van der Waals surface area (Å²) in [5.41, 5.74) is 5.67. The zero-order chi connectivity index (χ0) is 23.2. The number of fused-ring (bicyclic) bond motifs is 1. The van der Waals surface area contributed by atoms with Gasteiger partial charge in [0.05, 0.1) is 5.52 Å². The number of nitrogens with one attached hydrogen (secondary N) is 2. The van der Waals surface area contributed by atoms with Crippen LogP contribution < -0.4 is 10.6 Å². The third kappa shape index (κ3) is 5.70. The van der Waals surface area contributed by atoms with Gasteiger partial charge in [0, 0.05) is 47.3 Å². The Labute approximate surface area is 193 Å². The van der Waals surface area contributed by atoms with Crippen molar-refractivity contribution in [3.05, 3.63) is 78.2 Å².